The van der Waals surface area contributed by atoms with E-state index in [-0.39, 0.29) is 24.8 Å². The van der Waals surface area contributed by atoms with Gasteiger partial charge in [-0.15, -0.1) is 24.8 Å². The zero-order valence-electron chi connectivity index (χ0n) is 38.6. The average Bonchev–Trinajstić information content (AvgIpc) is 3.74. The molecule has 4 aromatic carbocycles. The van der Waals surface area contributed by atoms with Crippen molar-refractivity contribution in [2.24, 2.45) is 10.8 Å². The van der Waals surface area contributed by atoms with E-state index in [1.807, 2.05) is 11.1 Å². The molecule has 2 fully saturated rings. The van der Waals surface area contributed by atoms with Crippen molar-refractivity contribution in [3.8, 4) is 22.3 Å². The fourth-order valence-electron chi connectivity index (χ4n) is 14.0. The second-order valence-electron chi connectivity index (χ2n) is 21.6. The molecule has 4 aliphatic carbocycles. The van der Waals surface area contributed by atoms with Gasteiger partial charge in [0, 0.05) is 0 Å². The average molecular weight is 939 g/mol. The van der Waals surface area contributed by atoms with E-state index in [0.717, 1.165) is 0 Å². The van der Waals surface area contributed by atoms with Crippen molar-refractivity contribution in [3.63, 3.8) is 0 Å². The zero-order valence-corrected chi connectivity index (χ0v) is 44.1. The summed E-state index contributed by atoms with van der Waals surface area (Å²) in [6.07, 6.45) is 27.6. The maximum Gasteiger partial charge on any atom is -0.147 e. The molecule has 0 heterocycles. The third kappa shape index (κ3) is 9.17. The van der Waals surface area contributed by atoms with Crippen LogP contribution in [0.1, 0.15) is 168 Å². The standard InChI is InChI=1S/2C27H33.2CH3.2ClH.H2Si.Zr/c2*1-4-11-27(12-6-5-7-13-27)19-22-17-23-9-8-10-25(26(23)18-22)24-15-20(2)14-21(3)16-24;;;;;;/h2*8-10,14-18H,4-7,11-13,19H2,1-3H3;2*1H3;2*1H;1H2;. The second kappa shape index (κ2) is 18.6. The van der Waals surface area contributed by atoms with Gasteiger partial charge in [-0.1, -0.05) is 0 Å². The number of benzene rings is 4. The Hall–Kier alpha value is -1.96. The molecule has 2 saturated carbocycles. The van der Waals surface area contributed by atoms with Gasteiger partial charge in [-0.2, -0.15) is 0 Å². The maximum atomic E-state index is 2.94. The van der Waals surface area contributed by atoms with Crippen molar-refractivity contribution in [1.29, 1.82) is 0 Å². The van der Waals surface area contributed by atoms with Gasteiger partial charge in [0.2, 0.25) is 0 Å². The summed E-state index contributed by atoms with van der Waals surface area (Å²) in [7, 11) is 0. The van der Waals surface area contributed by atoms with Crippen molar-refractivity contribution < 1.29 is 17.4 Å². The Bertz CT molecular complexity index is 2120. The van der Waals surface area contributed by atoms with E-state index < -0.39 is 17.4 Å². The monoisotopic (exact) mass is 936 g/mol. The summed E-state index contributed by atoms with van der Waals surface area (Å²) in [6.45, 7) is 16.6. The third-order valence-corrected chi connectivity index (χ3v) is 33.3. The van der Waals surface area contributed by atoms with E-state index in [1.54, 1.807) is 22.3 Å². The smallest absolute Gasteiger partial charge is 0.147 e. The van der Waals surface area contributed by atoms with Gasteiger partial charge in [0.25, 0.3) is 0 Å². The summed E-state index contributed by atoms with van der Waals surface area (Å²) in [6, 6.07) is 29.4. The summed E-state index contributed by atoms with van der Waals surface area (Å²) in [5.41, 5.74) is 22.1. The topological polar surface area (TPSA) is 0 Å². The van der Waals surface area contributed by atoms with Crippen LogP contribution in [0.4, 0.5) is 0 Å². The van der Waals surface area contributed by atoms with Crippen LogP contribution in [-0.2, 0) is 17.4 Å². The van der Waals surface area contributed by atoms with E-state index >= 15 is 0 Å². The van der Waals surface area contributed by atoms with Crippen molar-refractivity contribution in [2.45, 2.75) is 161 Å². The maximum absolute atomic E-state index is 3.98. The van der Waals surface area contributed by atoms with Gasteiger partial charge >= 0.3 is 359 Å². The second-order valence-corrected chi connectivity index (χ2v) is 52.1. The van der Waals surface area contributed by atoms with Gasteiger partial charge in [-0.25, -0.2) is 0 Å². The van der Waals surface area contributed by atoms with Crippen LogP contribution in [0, 0.1) is 38.5 Å². The Labute approximate surface area is 380 Å². The molecule has 0 N–H and O–H groups in total. The minimum Gasteiger partial charge on any atom is -0.147 e. The van der Waals surface area contributed by atoms with Crippen molar-refractivity contribution in [1.82, 2.24) is 0 Å². The molecule has 4 aliphatic rings. The molecular weight excluding hydrogens is 863 g/mol. The molecule has 4 heteroatoms. The Morgan fingerprint density at radius 1 is 0.533 bits per heavy atom. The molecule has 0 amide bonds. The van der Waals surface area contributed by atoms with Crippen LogP contribution in [0.15, 0.2) is 83.9 Å². The van der Waals surface area contributed by atoms with Crippen LogP contribution in [0.25, 0.3) is 34.4 Å². The number of halogens is 2. The fourth-order valence-corrected chi connectivity index (χ4v) is 33.6. The minimum atomic E-state index is -3.98. The molecule has 2 unspecified atom stereocenters. The molecule has 0 saturated heterocycles. The third-order valence-electron chi connectivity index (χ3n) is 15.8. The van der Waals surface area contributed by atoms with E-state index in [1.165, 1.54) is 147 Å². The number of allylic oxidation sites excluding steroid dienone is 2. The predicted octanol–water partition coefficient (Wildman–Crippen LogP) is 17.3. The van der Waals surface area contributed by atoms with Gasteiger partial charge in [0.1, 0.15) is 0 Å². The first-order chi connectivity index (χ1) is 27.7. The molecule has 0 aliphatic heterocycles. The van der Waals surface area contributed by atoms with E-state index in [4.69, 9.17) is 0 Å². The summed E-state index contributed by atoms with van der Waals surface area (Å²) in [5, 5.41) is 0. The number of fused-ring (bicyclic) bond motifs is 2. The first kappa shape index (κ1) is 47.5. The van der Waals surface area contributed by atoms with Crippen LogP contribution in [0.5, 0.6) is 0 Å². The first-order valence-corrected chi connectivity index (χ1v) is 37.3. The van der Waals surface area contributed by atoms with Crippen LogP contribution in [0.2, 0.25) is 9.26 Å². The first-order valence-electron chi connectivity index (χ1n) is 23.6. The Balaban J connectivity index is 0.00000302. The Morgan fingerprint density at radius 3 is 1.22 bits per heavy atom. The van der Waals surface area contributed by atoms with Gasteiger partial charge < -0.3 is 0 Å². The van der Waals surface area contributed by atoms with E-state index in [0.29, 0.717) is 18.1 Å². The summed E-state index contributed by atoms with van der Waals surface area (Å²) < 4.78 is 6.95. The molecule has 0 bridgehead atoms. The van der Waals surface area contributed by atoms with Gasteiger partial charge in [-0.3, -0.25) is 0 Å². The molecule has 2 atom stereocenters. The molecule has 0 radical (unpaired) electrons. The van der Waals surface area contributed by atoms with Crippen molar-refractivity contribution in [3.05, 3.63) is 128 Å². The number of hydrogen-bond donors (Lipinski definition) is 0. The quantitative estimate of drug-likeness (QED) is 0.124. The Morgan fingerprint density at radius 2 is 0.883 bits per heavy atom. The number of rotatable bonds is 12. The summed E-state index contributed by atoms with van der Waals surface area (Å²) in [5.74, 6) is 0. The Kier molecular flexibility index (Phi) is 14.8. The molecule has 0 spiro atoms. The number of hydrogen-bond acceptors (Lipinski definition) is 0. The molecule has 60 heavy (non-hydrogen) atoms. The molecule has 322 valence electrons. The van der Waals surface area contributed by atoms with Gasteiger partial charge in [0.05, 0.1) is 0 Å². The van der Waals surface area contributed by atoms with E-state index in [2.05, 4.69) is 143 Å². The fraction of sp³-hybridized carbons (Fsp3) is 0.500. The molecule has 4 aromatic rings. The van der Waals surface area contributed by atoms with Crippen molar-refractivity contribution >= 4 is 43.8 Å². The van der Waals surface area contributed by atoms with Crippen LogP contribution >= 0.6 is 24.8 Å². The normalized spacial score (nSPS) is 20.6. The molecular formula is C56H76Cl2SiZr. The predicted molar refractivity (Wildman–Crippen MR) is 269 cm³/mol. The van der Waals surface area contributed by atoms with Crippen LogP contribution < -0.4 is 0 Å². The largest absolute Gasteiger partial charge is 0.147 e. The van der Waals surface area contributed by atoms with Gasteiger partial charge in [-0.05, 0) is 0 Å². The summed E-state index contributed by atoms with van der Waals surface area (Å²) in [4.78, 5) is 0. The van der Waals surface area contributed by atoms with Crippen molar-refractivity contribution in [2.75, 3.05) is 0 Å². The SMILES string of the molecule is CCCC1(CC2=Cc3c(-c4cc(C)cc(C)c4)cccc3[CH]2[Zr]([CH3])([CH3])(=[SiH2])[CH]2C(CC3(CCC)CCCCC3)=Cc3c(-c4cc(C)cc(C)c4)cccc32)CCCCC1.Cl.Cl. The zero-order chi connectivity index (χ0) is 40.9. The molecule has 8 rings (SSSR count). The van der Waals surface area contributed by atoms with Gasteiger partial charge in [0.15, 0.2) is 0 Å². The van der Waals surface area contributed by atoms with Crippen LogP contribution in [-0.4, -0.2) is 6.88 Å². The van der Waals surface area contributed by atoms with E-state index in [9.17, 15) is 0 Å². The molecule has 0 aromatic heterocycles. The number of aryl methyl sites for hydroxylation is 4. The summed E-state index contributed by atoms with van der Waals surface area (Å²) >= 11 is -3.98. The molecule has 0 nitrogen and oxygen atoms in total. The van der Waals surface area contributed by atoms with Crippen LogP contribution in [0.3, 0.4) is 0 Å². The minimum absolute atomic E-state index is 0.